The van der Waals surface area contributed by atoms with Crippen LogP contribution in [-0.4, -0.2) is 59.4 Å². The lowest BCUT2D eigenvalue weighted by Gasteiger charge is -2.39. The Bertz CT molecular complexity index is 362. The van der Waals surface area contributed by atoms with Gasteiger partial charge in [-0.15, -0.1) is 0 Å². The summed E-state index contributed by atoms with van der Waals surface area (Å²) in [7, 11) is 0. The van der Waals surface area contributed by atoms with Crippen molar-refractivity contribution in [1.82, 2.24) is 9.80 Å². The molecular formula is C13H22N2O4. The zero-order valence-electron chi connectivity index (χ0n) is 12.0. The molecule has 0 aromatic rings. The molecule has 0 radical (unpaired) electrons. The molecule has 1 rings (SSSR count). The quantitative estimate of drug-likeness (QED) is 0.719. The van der Waals surface area contributed by atoms with Crippen LogP contribution in [0.1, 0.15) is 34.1 Å². The van der Waals surface area contributed by atoms with Gasteiger partial charge in [0.05, 0.1) is 0 Å². The first kappa shape index (κ1) is 15.5. The minimum absolute atomic E-state index is 0.140. The Morgan fingerprint density at radius 2 is 2.05 bits per heavy atom. The van der Waals surface area contributed by atoms with E-state index in [2.05, 4.69) is 0 Å². The van der Waals surface area contributed by atoms with Crippen LogP contribution in [0.5, 0.6) is 0 Å². The Hall–Kier alpha value is -1.59. The van der Waals surface area contributed by atoms with Crippen LogP contribution in [0.3, 0.4) is 0 Å². The molecule has 0 bridgehead atoms. The van der Waals surface area contributed by atoms with E-state index in [0.717, 1.165) is 6.29 Å². The second-order valence-corrected chi connectivity index (χ2v) is 5.63. The molecule has 0 aromatic carbocycles. The molecule has 6 heteroatoms. The van der Waals surface area contributed by atoms with Gasteiger partial charge in [0.25, 0.3) is 0 Å². The molecule has 0 aromatic heterocycles. The van der Waals surface area contributed by atoms with Gasteiger partial charge in [-0.25, -0.2) is 4.79 Å². The molecule has 1 unspecified atom stereocenters. The molecule has 0 saturated carbocycles. The number of hydrogen-bond acceptors (Lipinski definition) is 4. The molecule has 6 nitrogen and oxygen atoms in total. The number of amides is 2. The van der Waals surface area contributed by atoms with Crippen molar-refractivity contribution in [3.63, 3.8) is 0 Å². The number of carbonyl (C=O) groups excluding carboxylic acids is 3. The first-order chi connectivity index (χ1) is 8.76. The van der Waals surface area contributed by atoms with Crippen LogP contribution in [0, 0.1) is 0 Å². The number of rotatable bonds is 3. The summed E-state index contributed by atoms with van der Waals surface area (Å²) in [4.78, 5) is 37.4. The fourth-order valence-electron chi connectivity index (χ4n) is 1.93. The first-order valence-electron chi connectivity index (χ1n) is 6.48. The van der Waals surface area contributed by atoms with Crippen molar-refractivity contribution in [2.75, 3.05) is 19.6 Å². The summed E-state index contributed by atoms with van der Waals surface area (Å²) >= 11 is 0. The Labute approximate surface area is 113 Å². The molecule has 1 aliphatic heterocycles. The van der Waals surface area contributed by atoms with Crippen LogP contribution in [0.4, 0.5) is 4.79 Å². The van der Waals surface area contributed by atoms with Crippen LogP contribution < -0.4 is 0 Å². The Balaban J connectivity index is 2.63. The highest BCUT2D eigenvalue weighted by molar-refractivity contribution is 5.86. The van der Waals surface area contributed by atoms with Gasteiger partial charge in [-0.1, -0.05) is 0 Å². The molecule has 2 amide bonds. The Morgan fingerprint density at radius 1 is 1.42 bits per heavy atom. The molecular weight excluding hydrogens is 248 g/mol. The maximum atomic E-state index is 12.1. The highest BCUT2D eigenvalue weighted by atomic mass is 16.6. The summed E-state index contributed by atoms with van der Waals surface area (Å²) in [5.41, 5.74) is -0.575. The average molecular weight is 270 g/mol. The fraction of sp³-hybridized carbons (Fsp3) is 0.769. The third-order valence-corrected chi connectivity index (χ3v) is 2.89. The molecule has 1 fully saturated rings. The molecule has 1 heterocycles. The zero-order valence-corrected chi connectivity index (χ0v) is 12.0. The van der Waals surface area contributed by atoms with Crippen molar-refractivity contribution in [3.8, 4) is 0 Å². The van der Waals surface area contributed by atoms with Gasteiger partial charge in [0, 0.05) is 26.1 Å². The van der Waals surface area contributed by atoms with Crippen LogP contribution in [0.25, 0.3) is 0 Å². The zero-order chi connectivity index (χ0) is 14.6. The molecule has 0 aliphatic carbocycles. The van der Waals surface area contributed by atoms with E-state index in [1.807, 2.05) is 0 Å². The van der Waals surface area contributed by atoms with Crippen molar-refractivity contribution < 1.29 is 19.1 Å². The van der Waals surface area contributed by atoms with E-state index < -0.39 is 17.7 Å². The Kier molecular flexibility index (Phi) is 4.91. The Morgan fingerprint density at radius 3 is 2.58 bits per heavy atom. The molecule has 19 heavy (non-hydrogen) atoms. The van der Waals surface area contributed by atoms with E-state index in [0.29, 0.717) is 26.1 Å². The smallest absolute Gasteiger partial charge is 0.411 e. The largest absolute Gasteiger partial charge is 0.444 e. The molecule has 0 N–H and O–H groups in total. The van der Waals surface area contributed by atoms with Gasteiger partial charge < -0.3 is 14.4 Å². The fourth-order valence-corrected chi connectivity index (χ4v) is 1.93. The van der Waals surface area contributed by atoms with E-state index in [1.165, 1.54) is 4.90 Å². The summed E-state index contributed by atoms with van der Waals surface area (Å²) in [5, 5.41) is 0. The molecule has 108 valence electrons. The maximum absolute atomic E-state index is 12.1. The third kappa shape index (κ3) is 4.22. The van der Waals surface area contributed by atoms with Gasteiger partial charge in [0.15, 0.2) is 0 Å². The van der Waals surface area contributed by atoms with Crippen LogP contribution in [-0.2, 0) is 14.3 Å². The van der Waals surface area contributed by atoms with Gasteiger partial charge in [-0.05, 0) is 27.7 Å². The lowest BCUT2D eigenvalue weighted by molar-refractivity contribution is -0.140. The van der Waals surface area contributed by atoms with Gasteiger partial charge in [0.2, 0.25) is 5.91 Å². The van der Waals surface area contributed by atoms with Crippen LogP contribution in [0.2, 0.25) is 0 Å². The second-order valence-electron chi connectivity index (χ2n) is 5.63. The highest BCUT2D eigenvalue weighted by Crippen LogP contribution is 2.16. The lowest BCUT2D eigenvalue weighted by atomic mass is 10.1. The van der Waals surface area contributed by atoms with Crippen LogP contribution >= 0.6 is 0 Å². The van der Waals surface area contributed by atoms with Crippen molar-refractivity contribution in [2.45, 2.75) is 45.8 Å². The SMILES string of the molecule is CC1C(=O)N(CCC=O)CCN1C(=O)OC(C)(C)C. The van der Waals surface area contributed by atoms with Crippen molar-refractivity contribution in [1.29, 1.82) is 0 Å². The highest BCUT2D eigenvalue weighted by Gasteiger charge is 2.36. The van der Waals surface area contributed by atoms with E-state index >= 15 is 0 Å². The molecule has 1 atom stereocenters. The van der Waals surface area contributed by atoms with E-state index in [-0.39, 0.29) is 5.91 Å². The molecule has 1 saturated heterocycles. The van der Waals surface area contributed by atoms with Gasteiger partial charge in [0.1, 0.15) is 17.9 Å². The topological polar surface area (TPSA) is 66.9 Å². The van der Waals surface area contributed by atoms with Crippen molar-refractivity contribution >= 4 is 18.3 Å². The lowest BCUT2D eigenvalue weighted by Crippen LogP contribution is -2.58. The van der Waals surface area contributed by atoms with Crippen molar-refractivity contribution in [3.05, 3.63) is 0 Å². The predicted octanol–water partition coefficient (Wildman–Crippen LogP) is 1.04. The standard InChI is InChI=1S/C13H22N2O4/c1-10-11(17)14(6-5-9-16)7-8-15(10)12(18)19-13(2,3)4/h9-10H,5-8H2,1-4H3. The van der Waals surface area contributed by atoms with Gasteiger partial charge in [-0.3, -0.25) is 9.69 Å². The number of hydrogen-bond donors (Lipinski definition) is 0. The van der Waals surface area contributed by atoms with E-state index in [4.69, 9.17) is 4.74 Å². The average Bonchev–Trinajstić information content (AvgIpc) is 2.28. The third-order valence-electron chi connectivity index (χ3n) is 2.89. The first-order valence-corrected chi connectivity index (χ1v) is 6.48. The minimum Gasteiger partial charge on any atom is -0.444 e. The van der Waals surface area contributed by atoms with Crippen LogP contribution in [0.15, 0.2) is 0 Å². The maximum Gasteiger partial charge on any atom is 0.411 e. The number of aldehydes is 1. The van der Waals surface area contributed by atoms with E-state index in [9.17, 15) is 14.4 Å². The summed E-state index contributed by atoms with van der Waals surface area (Å²) in [6, 6.07) is -0.546. The number of nitrogens with zero attached hydrogens (tertiary/aromatic N) is 2. The summed E-state index contributed by atoms with van der Waals surface area (Å²) < 4.78 is 5.27. The summed E-state index contributed by atoms with van der Waals surface area (Å²) in [5.74, 6) is -0.140. The number of piperazine rings is 1. The second kappa shape index (κ2) is 6.04. The molecule has 0 spiro atoms. The van der Waals surface area contributed by atoms with Crippen molar-refractivity contribution in [2.24, 2.45) is 0 Å². The van der Waals surface area contributed by atoms with E-state index in [1.54, 1.807) is 32.6 Å². The summed E-state index contributed by atoms with van der Waals surface area (Å²) in [6.45, 7) is 8.33. The minimum atomic E-state index is -0.575. The van der Waals surface area contributed by atoms with Gasteiger partial charge >= 0.3 is 6.09 Å². The molecule has 1 aliphatic rings. The number of ether oxygens (including phenoxy) is 1. The normalized spacial score (nSPS) is 20.4. The number of carbonyl (C=O) groups is 3. The summed E-state index contributed by atoms with van der Waals surface area (Å²) in [6.07, 6.45) is 0.645. The monoisotopic (exact) mass is 270 g/mol. The predicted molar refractivity (Wildman–Crippen MR) is 69.7 cm³/mol. The van der Waals surface area contributed by atoms with Gasteiger partial charge in [-0.2, -0.15) is 0 Å².